The number of aromatic nitrogens is 2. The summed E-state index contributed by atoms with van der Waals surface area (Å²) in [5.74, 6) is 2.24. The largest absolute Gasteiger partial charge is 0.484 e. The second-order valence-electron chi connectivity index (χ2n) is 7.23. The van der Waals surface area contributed by atoms with Crippen LogP contribution in [-0.4, -0.2) is 53.8 Å². The second-order valence-corrected chi connectivity index (χ2v) is 7.23. The molecule has 1 fully saturated rings. The van der Waals surface area contributed by atoms with Gasteiger partial charge in [0.05, 0.1) is 6.26 Å². The molecule has 0 aliphatic carbocycles. The van der Waals surface area contributed by atoms with Gasteiger partial charge >= 0.3 is 0 Å². The van der Waals surface area contributed by atoms with E-state index in [0.717, 1.165) is 22.7 Å². The van der Waals surface area contributed by atoms with Crippen LogP contribution in [0.1, 0.15) is 11.1 Å². The van der Waals surface area contributed by atoms with E-state index in [-0.39, 0.29) is 12.5 Å². The number of hydrogen-bond donors (Lipinski definition) is 0. The topological polar surface area (TPSA) is 71.7 Å². The minimum atomic E-state index is 0.00283. The van der Waals surface area contributed by atoms with E-state index < -0.39 is 0 Å². The Morgan fingerprint density at radius 1 is 1.03 bits per heavy atom. The van der Waals surface area contributed by atoms with E-state index in [2.05, 4.69) is 21.2 Å². The van der Waals surface area contributed by atoms with Gasteiger partial charge in [-0.25, -0.2) is 0 Å². The van der Waals surface area contributed by atoms with E-state index in [1.54, 1.807) is 6.26 Å². The van der Waals surface area contributed by atoms with E-state index in [0.29, 0.717) is 37.6 Å². The standard InChI is InChI=1S/C22H24N4O3/c1-16-12-17(2)14-18(13-16)29-15-22(27)26-9-7-25(8-10-26)21-6-5-19(23-24-21)20-4-3-11-28-20/h3-6,11-14H,7-10,15H2,1-2H3. The average Bonchev–Trinajstić information content (AvgIpc) is 3.26. The summed E-state index contributed by atoms with van der Waals surface area (Å²) in [6, 6.07) is 13.5. The Kier molecular flexibility index (Phi) is 5.46. The third kappa shape index (κ3) is 4.56. The molecule has 0 spiro atoms. The predicted octanol–water partition coefficient (Wildman–Crippen LogP) is 3.08. The van der Waals surface area contributed by atoms with E-state index in [1.807, 2.05) is 55.1 Å². The lowest BCUT2D eigenvalue weighted by Crippen LogP contribution is -2.50. The maximum absolute atomic E-state index is 12.5. The number of benzene rings is 1. The number of nitrogens with zero attached hydrogens (tertiary/aromatic N) is 4. The van der Waals surface area contributed by atoms with Gasteiger partial charge in [0.2, 0.25) is 0 Å². The fourth-order valence-corrected chi connectivity index (χ4v) is 3.49. The van der Waals surface area contributed by atoms with Gasteiger partial charge in [0.25, 0.3) is 5.91 Å². The Labute approximate surface area is 169 Å². The van der Waals surface area contributed by atoms with Gasteiger partial charge in [-0.05, 0) is 61.4 Å². The summed E-state index contributed by atoms with van der Waals surface area (Å²) in [6.45, 7) is 6.79. The minimum Gasteiger partial charge on any atom is -0.484 e. The molecule has 0 radical (unpaired) electrons. The number of carbonyl (C=O) groups excluding carboxylic acids is 1. The van der Waals surface area contributed by atoms with Crippen LogP contribution in [0.4, 0.5) is 5.82 Å². The monoisotopic (exact) mass is 392 g/mol. The Bertz CT molecular complexity index is 942. The van der Waals surface area contributed by atoms with Gasteiger partial charge in [-0.3, -0.25) is 4.79 Å². The van der Waals surface area contributed by atoms with Gasteiger partial charge in [0, 0.05) is 26.2 Å². The third-order valence-electron chi connectivity index (χ3n) is 4.94. The Hall–Kier alpha value is -3.35. The molecule has 4 rings (SSSR count). The maximum Gasteiger partial charge on any atom is 0.260 e. The van der Waals surface area contributed by atoms with Crippen molar-refractivity contribution in [2.45, 2.75) is 13.8 Å². The fraction of sp³-hybridized carbons (Fsp3) is 0.318. The number of furan rings is 1. The van der Waals surface area contributed by atoms with Gasteiger partial charge in [-0.2, -0.15) is 0 Å². The van der Waals surface area contributed by atoms with Gasteiger partial charge < -0.3 is 19.0 Å². The molecule has 3 heterocycles. The van der Waals surface area contributed by atoms with E-state index in [1.165, 1.54) is 0 Å². The van der Waals surface area contributed by atoms with Crippen molar-refractivity contribution in [3.63, 3.8) is 0 Å². The van der Waals surface area contributed by atoms with Crippen molar-refractivity contribution in [2.75, 3.05) is 37.7 Å². The molecule has 1 aliphatic rings. The number of piperazine rings is 1. The van der Waals surface area contributed by atoms with Crippen molar-refractivity contribution in [1.29, 1.82) is 0 Å². The predicted molar refractivity (Wildman–Crippen MR) is 110 cm³/mol. The van der Waals surface area contributed by atoms with Crippen LogP contribution in [0.5, 0.6) is 5.75 Å². The van der Waals surface area contributed by atoms with Crippen molar-refractivity contribution < 1.29 is 13.9 Å². The van der Waals surface area contributed by atoms with E-state index in [9.17, 15) is 4.79 Å². The summed E-state index contributed by atoms with van der Waals surface area (Å²) in [5, 5.41) is 8.55. The van der Waals surface area contributed by atoms with Crippen molar-refractivity contribution in [1.82, 2.24) is 15.1 Å². The normalized spacial score (nSPS) is 14.1. The number of carbonyl (C=O) groups is 1. The number of rotatable bonds is 5. The lowest BCUT2D eigenvalue weighted by atomic mass is 10.1. The number of hydrogen-bond acceptors (Lipinski definition) is 6. The van der Waals surface area contributed by atoms with Crippen LogP contribution in [0.15, 0.2) is 53.1 Å². The molecule has 150 valence electrons. The minimum absolute atomic E-state index is 0.00283. The Morgan fingerprint density at radius 3 is 2.41 bits per heavy atom. The maximum atomic E-state index is 12.5. The number of amides is 1. The zero-order valence-corrected chi connectivity index (χ0v) is 16.7. The molecule has 1 saturated heterocycles. The summed E-state index contributed by atoms with van der Waals surface area (Å²) < 4.78 is 11.0. The first-order valence-corrected chi connectivity index (χ1v) is 9.70. The molecule has 0 N–H and O–H groups in total. The number of anilines is 1. The first-order chi connectivity index (χ1) is 14.1. The molecule has 0 unspecified atom stereocenters. The van der Waals surface area contributed by atoms with Gasteiger partial charge in [0.15, 0.2) is 18.2 Å². The van der Waals surface area contributed by atoms with Crippen LogP contribution in [0.25, 0.3) is 11.5 Å². The summed E-state index contributed by atoms with van der Waals surface area (Å²) in [7, 11) is 0. The zero-order valence-electron chi connectivity index (χ0n) is 16.7. The summed E-state index contributed by atoms with van der Waals surface area (Å²) >= 11 is 0. The molecule has 29 heavy (non-hydrogen) atoms. The number of ether oxygens (including phenoxy) is 1. The Balaban J connectivity index is 1.29. The second kappa shape index (κ2) is 8.34. The van der Waals surface area contributed by atoms with Crippen LogP contribution in [0, 0.1) is 13.8 Å². The lowest BCUT2D eigenvalue weighted by molar-refractivity contribution is -0.133. The molecule has 0 atom stereocenters. The fourth-order valence-electron chi connectivity index (χ4n) is 3.49. The first kappa shape index (κ1) is 19.0. The summed E-state index contributed by atoms with van der Waals surface area (Å²) in [4.78, 5) is 16.5. The van der Waals surface area contributed by atoms with Crippen molar-refractivity contribution in [2.24, 2.45) is 0 Å². The summed E-state index contributed by atoms with van der Waals surface area (Å²) in [6.07, 6.45) is 1.62. The average molecular weight is 392 g/mol. The molecule has 0 bridgehead atoms. The van der Waals surface area contributed by atoms with Crippen molar-refractivity contribution >= 4 is 11.7 Å². The molecule has 1 amide bonds. The van der Waals surface area contributed by atoms with Crippen molar-refractivity contribution in [3.8, 4) is 17.2 Å². The lowest BCUT2D eigenvalue weighted by Gasteiger charge is -2.35. The molecule has 0 saturated carbocycles. The quantitative estimate of drug-likeness (QED) is 0.665. The van der Waals surface area contributed by atoms with Crippen LogP contribution >= 0.6 is 0 Å². The highest BCUT2D eigenvalue weighted by Crippen LogP contribution is 2.20. The highest BCUT2D eigenvalue weighted by Gasteiger charge is 2.22. The van der Waals surface area contributed by atoms with Crippen LogP contribution < -0.4 is 9.64 Å². The summed E-state index contributed by atoms with van der Waals surface area (Å²) in [5.41, 5.74) is 2.96. The SMILES string of the molecule is Cc1cc(C)cc(OCC(=O)N2CCN(c3ccc(-c4ccco4)nn3)CC2)c1. The molecule has 1 aliphatic heterocycles. The van der Waals surface area contributed by atoms with Crippen molar-refractivity contribution in [3.05, 3.63) is 59.9 Å². The highest BCUT2D eigenvalue weighted by atomic mass is 16.5. The molecular formula is C22H24N4O3. The molecule has 3 aromatic rings. The van der Waals surface area contributed by atoms with Gasteiger partial charge in [-0.1, -0.05) is 6.07 Å². The van der Waals surface area contributed by atoms with E-state index >= 15 is 0 Å². The van der Waals surface area contributed by atoms with Crippen LogP contribution in [0.3, 0.4) is 0 Å². The first-order valence-electron chi connectivity index (χ1n) is 9.70. The molecule has 1 aromatic carbocycles. The third-order valence-corrected chi connectivity index (χ3v) is 4.94. The number of aryl methyl sites for hydroxylation is 2. The van der Waals surface area contributed by atoms with Gasteiger partial charge in [0.1, 0.15) is 11.4 Å². The molecule has 2 aromatic heterocycles. The highest BCUT2D eigenvalue weighted by molar-refractivity contribution is 5.78. The molecule has 7 heteroatoms. The molecule has 7 nitrogen and oxygen atoms in total. The van der Waals surface area contributed by atoms with E-state index in [4.69, 9.17) is 9.15 Å². The molecular weight excluding hydrogens is 368 g/mol. The van der Waals surface area contributed by atoms with Gasteiger partial charge in [-0.15, -0.1) is 10.2 Å². The smallest absolute Gasteiger partial charge is 0.260 e. The Morgan fingerprint density at radius 2 is 1.79 bits per heavy atom. The van der Waals surface area contributed by atoms with Crippen LogP contribution in [-0.2, 0) is 4.79 Å². The zero-order chi connectivity index (χ0) is 20.2. The van der Waals surface area contributed by atoms with Crippen LogP contribution in [0.2, 0.25) is 0 Å².